The number of ether oxygens (including phenoxy) is 3. The van der Waals surface area contributed by atoms with Crippen molar-refractivity contribution in [2.45, 2.75) is 26.7 Å². The molecule has 0 aliphatic carbocycles. The van der Waals surface area contributed by atoms with Crippen molar-refractivity contribution >= 4 is 27.6 Å². The fourth-order valence-electron chi connectivity index (χ4n) is 2.29. The van der Waals surface area contributed by atoms with Crippen molar-refractivity contribution in [1.82, 2.24) is 4.98 Å². The highest BCUT2D eigenvalue weighted by molar-refractivity contribution is 7.92. The molecule has 146 valence electrons. The van der Waals surface area contributed by atoms with Gasteiger partial charge < -0.3 is 14.2 Å². The molecular weight excluding hydrogens is 364 g/mol. The highest BCUT2D eigenvalue weighted by Crippen LogP contribution is 2.31. The van der Waals surface area contributed by atoms with Crippen molar-refractivity contribution in [3.05, 3.63) is 12.1 Å². The van der Waals surface area contributed by atoms with Crippen molar-refractivity contribution in [2.75, 3.05) is 31.4 Å². The van der Waals surface area contributed by atoms with Gasteiger partial charge in [-0.25, -0.2) is 12.7 Å². The number of aromatic nitrogens is 1. The molecule has 0 fully saturated rings. The fraction of sp³-hybridized carbons (Fsp3) is 0.562. The van der Waals surface area contributed by atoms with Gasteiger partial charge in [-0.1, -0.05) is 6.92 Å². The van der Waals surface area contributed by atoms with E-state index in [0.717, 1.165) is 6.26 Å². The van der Waals surface area contributed by atoms with Crippen LogP contribution in [-0.2, 0) is 24.3 Å². The molecule has 1 amide bonds. The highest BCUT2D eigenvalue weighted by Gasteiger charge is 2.30. The predicted octanol–water partition coefficient (Wildman–Crippen LogP) is 1.37. The van der Waals surface area contributed by atoms with E-state index in [4.69, 9.17) is 14.2 Å². The molecule has 10 heteroatoms. The quantitative estimate of drug-likeness (QED) is 0.583. The summed E-state index contributed by atoms with van der Waals surface area (Å²) < 4.78 is 39.9. The summed E-state index contributed by atoms with van der Waals surface area (Å²) >= 11 is 0. The van der Waals surface area contributed by atoms with Crippen LogP contribution in [0.5, 0.6) is 11.8 Å². The summed E-state index contributed by atoms with van der Waals surface area (Å²) in [6, 6.07) is 2.80. The molecule has 1 unspecified atom stereocenters. The number of methoxy groups -OCH3 is 2. The van der Waals surface area contributed by atoms with Crippen LogP contribution in [-0.4, -0.2) is 52.4 Å². The molecule has 9 nitrogen and oxygen atoms in total. The molecule has 1 aromatic heterocycles. The lowest BCUT2D eigenvalue weighted by atomic mass is 10.0. The Morgan fingerprint density at radius 2 is 1.85 bits per heavy atom. The van der Waals surface area contributed by atoms with Crippen LogP contribution in [0, 0.1) is 5.92 Å². The molecule has 1 rings (SSSR count). The first-order valence-corrected chi connectivity index (χ1v) is 9.76. The van der Waals surface area contributed by atoms with Crippen molar-refractivity contribution < 1.29 is 32.2 Å². The smallest absolute Gasteiger partial charge is 0.306 e. The first kappa shape index (κ1) is 21.7. The Morgan fingerprint density at radius 3 is 2.35 bits per heavy atom. The largest absolute Gasteiger partial charge is 0.481 e. The van der Waals surface area contributed by atoms with Crippen LogP contribution in [0.4, 0.5) is 5.69 Å². The molecule has 0 aromatic carbocycles. The van der Waals surface area contributed by atoms with Gasteiger partial charge in [-0.15, -0.1) is 0 Å². The molecular formula is C16H24N2O7S. The fourth-order valence-corrected chi connectivity index (χ4v) is 3.23. The highest BCUT2D eigenvalue weighted by atomic mass is 32.2. The van der Waals surface area contributed by atoms with Crippen molar-refractivity contribution in [2.24, 2.45) is 5.92 Å². The summed E-state index contributed by atoms with van der Waals surface area (Å²) in [6.07, 6.45) is 0.751. The van der Waals surface area contributed by atoms with Crippen molar-refractivity contribution in [3.8, 4) is 11.8 Å². The Morgan fingerprint density at radius 1 is 1.19 bits per heavy atom. The lowest BCUT2D eigenvalue weighted by Gasteiger charge is -2.23. The average Bonchev–Trinajstić information content (AvgIpc) is 2.53. The number of rotatable bonds is 9. The van der Waals surface area contributed by atoms with E-state index in [1.54, 1.807) is 13.8 Å². The summed E-state index contributed by atoms with van der Waals surface area (Å²) in [5, 5.41) is 0. The van der Waals surface area contributed by atoms with Gasteiger partial charge in [0.2, 0.25) is 27.7 Å². The maximum absolute atomic E-state index is 12.6. The second kappa shape index (κ2) is 9.37. The van der Waals surface area contributed by atoms with Crippen LogP contribution in [0.2, 0.25) is 0 Å². The zero-order valence-corrected chi connectivity index (χ0v) is 16.3. The molecule has 26 heavy (non-hydrogen) atoms. The number of carbonyl (C=O) groups is 2. The van der Waals surface area contributed by atoms with Gasteiger partial charge >= 0.3 is 5.97 Å². The maximum Gasteiger partial charge on any atom is 0.306 e. The van der Waals surface area contributed by atoms with Crippen molar-refractivity contribution in [1.29, 1.82) is 0 Å². The molecule has 0 spiro atoms. The number of esters is 1. The minimum atomic E-state index is -3.95. The van der Waals surface area contributed by atoms with Crippen LogP contribution in [0.1, 0.15) is 26.7 Å². The second-order valence-corrected chi connectivity index (χ2v) is 7.45. The van der Waals surface area contributed by atoms with E-state index in [-0.39, 0.29) is 36.9 Å². The van der Waals surface area contributed by atoms with Gasteiger partial charge in [-0.05, 0) is 18.9 Å². The van der Waals surface area contributed by atoms with E-state index in [1.165, 1.54) is 26.4 Å². The molecule has 0 N–H and O–H groups in total. The molecule has 0 aliphatic rings. The third-order valence-corrected chi connectivity index (χ3v) is 4.40. The predicted molar refractivity (Wildman–Crippen MR) is 94.7 cm³/mol. The SMILES string of the molecule is CCOC(=O)CC(C)CC(=O)N(c1ccc(OC)nc1OC)S(C)(=O)=O. The molecule has 0 aliphatic heterocycles. The Labute approximate surface area is 153 Å². The molecule has 0 saturated carbocycles. The Balaban J connectivity index is 3.12. The van der Waals surface area contributed by atoms with Crippen LogP contribution >= 0.6 is 0 Å². The first-order chi connectivity index (χ1) is 12.1. The topological polar surface area (TPSA) is 112 Å². The van der Waals surface area contributed by atoms with Crippen molar-refractivity contribution in [3.63, 3.8) is 0 Å². The Hall–Kier alpha value is -2.36. The Bertz CT molecular complexity index is 749. The van der Waals surface area contributed by atoms with Gasteiger partial charge in [-0.3, -0.25) is 9.59 Å². The number of hydrogen-bond acceptors (Lipinski definition) is 8. The number of amides is 1. The number of pyridine rings is 1. The molecule has 1 heterocycles. The van der Waals surface area contributed by atoms with Gasteiger partial charge in [0.25, 0.3) is 0 Å². The van der Waals surface area contributed by atoms with E-state index in [2.05, 4.69) is 4.98 Å². The summed E-state index contributed by atoms with van der Waals surface area (Å²) in [7, 11) is -1.24. The van der Waals surface area contributed by atoms with E-state index < -0.39 is 27.8 Å². The zero-order valence-electron chi connectivity index (χ0n) is 15.5. The van der Waals surface area contributed by atoms with Crippen LogP contribution in [0.3, 0.4) is 0 Å². The minimum absolute atomic E-state index is 0.00911. The maximum atomic E-state index is 12.6. The molecule has 0 bridgehead atoms. The number of nitrogens with zero attached hydrogens (tertiary/aromatic N) is 2. The number of hydrogen-bond donors (Lipinski definition) is 0. The van der Waals surface area contributed by atoms with Gasteiger partial charge in [-0.2, -0.15) is 4.98 Å². The zero-order chi connectivity index (χ0) is 19.9. The third kappa shape index (κ3) is 5.87. The van der Waals surface area contributed by atoms with Crippen LogP contribution < -0.4 is 13.8 Å². The van der Waals surface area contributed by atoms with Gasteiger partial charge in [0.15, 0.2) is 0 Å². The van der Waals surface area contributed by atoms with E-state index >= 15 is 0 Å². The summed E-state index contributed by atoms with van der Waals surface area (Å²) in [4.78, 5) is 28.2. The van der Waals surface area contributed by atoms with Crippen LogP contribution in [0.15, 0.2) is 12.1 Å². The number of anilines is 1. The second-order valence-electron chi connectivity index (χ2n) is 5.62. The molecule has 1 aromatic rings. The van der Waals surface area contributed by atoms with Gasteiger partial charge in [0.1, 0.15) is 5.69 Å². The van der Waals surface area contributed by atoms with E-state index in [1.807, 2.05) is 0 Å². The molecule has 0 radical (unpaired) electrons. The molecule has 1 atom stereocenters. The van der Waals surface area contributed by atoms with E-state index in [0.29, 0.717) is 4.31 Å². The van der Waals surface area contributed by atoms with Gasteiger partial charge in [0, 0.05) is 18.9 Å². The Kier molecular flexibility index (Phi) is 7.81. The average molecular weight is 388 g/mol. The van der Waals surface area contributed by atoms with Crippen LogP contribution in [0.25, 0.3) is 0 Å². The van der Waals surface area contributed by atoms with E-state index in [9.17, 15) is 18.0 Å². The minimum Gasteiger partial charge on any atom is -0.481 e. The summed E-state index contributed by atoms with van der Waals surface area (Å²) in [5.41, 5.74) is -0.0239. The van der Waals surface area contributed by atoms with Gasteiger partial charge in [0.05, 0.1) is 27.1 Å². The standard InChI is InChI=1S/C16H24N2O7S/c1-6-25-15(20)10-11(2)9-14(19)18(26(5,21)22)12-7-8-13(23-3)17-16(12)24-4/h7-8,11H,6,9-10H2,1-5H3. The monoisotopic (exact) mass is 388 g/mol. The lowest BCUT2D eigenvalue weighted by molar-refractivity contribution is -0.144. The summed E-state index contributed by atoms with van der Waals surface area (Å²) in [5.74, 6) is -1.40. The molecule has 0 saturated heterocycles. The number of sulfonamides is 1. The summed E-state index contributed by atoms with van der Waals surface area (Å²) in [6.45, 7) is 3.59. The lowest BCUT2D eigenvalue weighted by Crippen LogP contribution is -2.37. The number of carbonyl (C=O) groups excluding carboxylic acids is 2. The normalized spacial score (nSPS) is 12.2. The first-order valence-electron chi connectivity index (χ1n) is 7.91. The third-order valence-electron chi connectivity index (χ3n) is 3.34.